The Bertz CT molecular complexity index is 1060. The van der Waals surface area contributed by atoms with Crippen LogP contribution in [-0.4, -0.2) is 53.6 Å². The number of carbonyl (C=O) groups excluding carboxylic acids is 1. The first-order valence-electron chi connectivity index (χ1n) is 9.94. The van der Waals surface area contributed by atoms with Crippen LogP contribution < -0.4 is 10.2 Å². The Labute approximate surface area is 185 Å². The molecule has 0 radical (unpaired) electrons. The summed E-state index contributed by atoms with van der Waals surface area (Å²) in [6.45, 7) is 6.22. The quantitative estimate of drug-likeness (QED) is 0.608. The fraction of sp³-hybridized carbons (Fsp3) is 0.318. The topological polar surface area (TPSA) is 53.4 Å². The molecule has 3 aromatic rings. The molecular weight excluding hydrogens is 414 g/mol. The molecule has 6 nitrogen and oxygen atoms in total. The zero-order chi connectivity index (χ0) is 21.1. The summed E-state index contributed by atoms with van der Waals surface area (Å²) >= 11 is 6.93. The highest BCUT2D eigenvalue weighted by molar-refractivity contribution is 7.73. The van der Waals surface area contributed by atoms with E-state index in [-0.39, 0.29) is 12.5 Å². The van der Waals surface area contributed by atoms with E-state index in [0.717, 1.165) is 43.3 Å². The smallest absolute Gasteiger partial charge is 0.244 e. The monoisotopic (exact) mass is 439 g/mol. The third kappa shape index (κ3) is 4.77. The van der Waals surface area contributed by atoms with Gasteiger partial charge < -0.3 is 19.7 Å². The fourth-order valence-electron chi connectivity index (χ4n) is 3.46. The Balaban J connectivity index is 1.42. The maximum atomic E-state index is 12.7. The molecule has 8 heteroatoms. The van der Waals surface area contributed by atoms with Crippen molar-refractivity contribution in [1.29, 1.82) is 0 Å². The minimum atomic E-state index is -0.119. The molecule has 1 fully saturated rings. The van der Waals surface area contributed by atoms with E-state index in [9.17, 15) is 4.79 Å². The number of likely N-dealkylation sites (N-methyl/N-ethyl adjacent to an activating group) is 1. The predicted molar refractivity (Wildman–Crippen MR) is 126 cm³/mol. The van der Waals surface area contributed by atoms with Crippen LogP contribution >= 0.6 is 23.6 Å². The SMILES string of the molecule is Cc1ccc(-c2csc(=S)n2CC(=O)Nc2ccc(N3CCN(C)CC3)nc2)cc1. The molecule has 0 unspecified atom stereocenters. The number of nitrogens with one attached hydrogen (secondary N) is 1. The number of hydrogen-bond donors (Lipinski definition) is 1. The van der Waals surface area contributed by atoms with Gasteiger partial charge in [-0.15, -0.1) is 11.3 Å². The molecule has 156 valence electrons. The molecule has 1 amide bonds. The van der Waals surface area contributed by atoms with Crippen molar-refractivity contribution in [2.24, 2.45) is 0 Å². The van der Waals surface area contributed by atoms with E-state index in [1.165, 1.54) is 16.9 Å². The standard InChI is InChI=1S/C22H25N5OS2/c1-16-3-5-17(6-4-16)19-15-30-22(29)27(19)14-21(28)24-18-7-8-20(23-13-18)26-11-9-25(2)10-12-26/h3-8,13,15H,9-12,14H2,1-2H3,(H,24,28). The van der Waals surface area contributed by atoms with Crippen LogP contribution in [-0.2, 0) is 11.3 Å². The molecule has 4 rings (SSSR count). The number of amides is 1. The van der Waals surface area contributed by atoms with Gasteiger partial charge in [0.05, 0.1) is 17.6 Å². The van der Waals surface area contributed by atoms with Gasteiger partial charge in [-0.05, 0) is 43.9 Å². The van der Waals surface area contributed by atoms with Crippen molar-refractivity contribution < 1.29 is 4.79 Å². The van der Waals surface area contributed by atoms with Gasteiger partial charge in [-0.25, -0.2) is 4.98 Å². The summed E-state index contributed by atoms with van der Waals surface area (Å²) in [6, 6.07) is 12.1. The van der Waals surface area contributed by atoms with Crippen molar-refractivity contribution in [3.8, 4) is 11.3 Å². The van der Waals surface area contributed by atoms with E-state index < -0.39 is 0 Å². The molecule has 30 heavy (non-hydrogen) atoms. The molecule has 1 aliphatic heterocycles. The first-order chi connectivity index (χ1) is 14.5. The highest BCUT2D eigenvalue weighted by Crippen LogP contribution is 2.24. The van der Waals surface area contributed by atoms with Crippen molar-refractivity contribution in [1.82, 2.24) is 14.5 Å². The largest absolute Gasteiger partial charge is 0.354 e. The number of aryl methyl sites for hydroxylation is 1. The number of anilines is 2. The van der Waals surface area contributed by atoms with Crippen molar-refractivity contribution >= 4 is 41.0 Å². The summed E-state index contributed by atoms with van der Waals surface area (Å²) in [6.07, 6.45) is 1.72. The number of benzene rings is 1. The first kappa shape index (κ1) is 20.7. The van der Waals surface area contributed by atoms with Crippen LogP contribution in [0, 0.1) is 10.9 Å². The van der Waals surface area contributed by atoms with Crippen LogP contribution in [0.1, 0.15) is 5.56 Å². The minimum absolute atomic E-state index is 0.119. The molecule has 2 aromatic heterocycles. The van der Waals surface area contributed by atoms with Gasteiger partial charge in [0, 0.05) is 31.6 Å². The number of aromatic nitrogens is 2. The Hall–Kier alpha value is -2.55. The highest BCUT2D eigenvalue weighted by atomic mass is 32.1. The van der Waals surface area contributed by atoms with Gasteiger partial charge in [0.25, 0.3) is 0 Å². The van der Waals surface area contributed by atoms with E-state index in [4.69, 9.17) is 12.2 Å². The Morgan fingerprint density at radius 1 is 1.13 bits per heavy atom. The maximum absolute atomic E-state index is 12.7. The van der Waals surface area contributed by atoms with E-state index in [1.807, 2.05) is 22.1 Å². The molecular formula is C22H25N5OS2. The van der Waals surface area contributed by atoms with Gasteiger partial charge in [0.1, 0.15) is 12.4 Å². The minimum Gasteiger partial charge on any atom is -0.354 e. The Morgan fingerprint density at radius 3 is 2.53 bits per heavy atom. The lowest BCUT2D eigenvalue weighted by atomic mass is 10.1. The molecule has 0 atom stereocenters. The summed E-state index contributed by atoms with van der Waals surface area (Å²) in [5.74, 6) is 0.829. The van der Waals surface area contributed by atoms with Crippen LogP contribution in [0.15, 0.2) is 48.0 Å². The van der Waals surface area contributed by atoms with E-state index in [2.05, 4.69) is 58.3 Å². The molecule has 3 heterocycles. The number of carbonyl (C=O) groups is 1. The van der Waals surface area contributed by atoms with E-state index in [1.54, 1.807) is 6.20 Å². The number of pyridine rings is 1. The number of nitrogens with zero attached hydrogens (tertiary/aromatic N) is 4. The second kappa shape index (κ2) is 9.07. The summed E-state index contributed by atoms with van der Waals surface area (Å²) < 4.78 is 2.57. The number of hydrogen-bond acceptors (Lipinski definition) is 6. The zero-order valence-electron chi connectivity index (χ0n) is 17.2. The Kier molecular flexibility index (Phi) is 6.26. The molecule has 0 saturated carbocycles. The molecule has 1 aromatic carbocycles. The lowest BCUT2D eigenvalue weighted by molar-refractivity contribution is -0.116. The molecule has 0 aliphatic carbocycles. The zero-order valence-corrected chi connectivity index (χ0v) is 18.8. The van der Waals surface area contributed by atoms with Gasteiger partial charge >= 0.3 is 0 Å². The van der Waals surface area contributed by atoms with Crippen molar-refractivity contribution in [2.75, 3.05) is 43.4 Å². The first-order valence-corrected chi connectivity index (χ1v) is 11.2. The number of thiazole rings is 1. The van der Waals surface area contributed by atoms with Crippen LogP contribution in [0.2, 0.25) is 0 Å². The van der Waals surface area contributed by atoms with E-state index in [0.29, 0.717) is 9.64 Å². The summed E-state index contributed by atoms with van der Waals surface area (Å²) in [5, 5.41) is 4.95. The molecule has 0 bridgehead atoms. The normalized spacial score (nSPS) is 14.7. The van der Waals surface area contributed by atoms with Crippen LogP contribution in [0.4, 0.5) is 11.5 Å². The Morgan fingerprint density at radius 2 is 1.87 bits per heavy atom. The van der Waals surface area contributed by atoms with Gasteiger partial charge in [0.2, 0.25) is 5.91 Å². The van der Waals surface area contributed by atoms with Gasteiger partial charge in [-0.2, -0.15) is 0 Å². The van der Waals surface area contributed by atoms with E-state index >= 15 is 0 Å². The third-order valence-electron chi connectivity index (χ3n) is 5.29. The summed E-state index contributed by atoms with van der Waals surface area (Å²) in [5.41, 5.74) is 3.91. The molecule has 1 aliphatic rings. The van der Waals surface area contributed by atoms with Crippen LogP contribution in [0.25, 0.3) is 11.3 Å². The van der Waals surface area contributed by atoms with Gasteiger partial charge in [0.15, 0.2) is 3.95 Å². The van der Waals surface area contributed by atoms with Crippen molar-refractivity contribution in [3.05, 3.63) is 57.5 Å². The maximum Gasteiger partial charge on any atom is 0.244 e. The average Bonchev–Trinajstić information content (AvgIpc) is 3.10. The number of piperazine rings is 1. The van der Waals surface area contributed by atoms with Crippen molar-refractivity contribution in [3.63, 3.8) is 0 Å². The highest BCUT2D eigenvalue weighted by Gasteiger charge is 2.16. The molecule has 1 saturated heterocycles. The van der Waals surface area contributed by atoms with Crippen LogP contribution in [0.3, 0.4) is 0 Å². The average molecular weight is 440 g/mol. The summed E-state index contributed by atoms with van der Waals surface area (Å²) in [7, 11) is 2.13. The van der Waals surface area contributed by atoms with Crippen molar-refractivity contribution in [2.45, 2.75) is 13.5 Å². The second-order valence-corrected chi connectivity index (χ2v) is 9.09. The second-order valence-electron chi connectivity index (χ2n) is 7.58. The third-order valence-corrected chi connectivity index (χ3v) is 6.56. The number of rotatable bonds is 5. The molecule has 1 N–H and O–H groups in total. The van der Waals surface area contributed by atoms with Gasteiger partial charge in [-0.3, -0.25) is 4.79 Å². The lowest BCUT2D eigenvalue weighted by Crippen LogP contribution is -2.44. The predicted octanol–water partition coefficient (Wildman–Crippen LogP) is 4.04. The van der Waals surface area contributed by atoms with Crippen LogP contribution in [0.5, 0.6) is 0 Å². The lowest BCUT2D eigenvalue weighted by Gasteiger charge is -2.33. The fourth-order valence-corrected chi connectivity index (χ4v) is 4.53. The summed E-state index contributed by atoms with van der Waals surface area (Å²) in [4.78, 5) is 21.8. The molecule has 0 spiro atoms. The van der Waals surface area contributed by atoms with Gasteiger partial charge in [-0.1, -0.05) is 29.8 Å².